The maximum absolute atomic E-state index is 12.9. The second kappa shape index (κ2) is 12.7. The van der Waals surface area contributed by atoms with Crippen LogP contribution in [-0.4, -0.2) is 78.0 Å². The Hall–Kier alpha value is -3.81. The number of nitrogens with one attached hydrogen (secondary N) is 1. The second-order valence-electron chi connectivity index (χ2n) is 12.8. The number of likely N-dealkylation sites (tertiary alicyclic amines) is 1. The molecular weight excluding hydrogens is 578 g/mol. The molecule has 0 radical (unpaired) electrons. The van der Waals surface area contributed by atoms with E-state index in [4.69, 9.17) is 31.0 Å². The summed E-state index contributed by atoms with van der Waals surface area (Å²) in [6.45, 7) is 10.2. The Bertz CT molecular complexity index is 1560. The fourth-order valence-corrected chi connectivity index (χ4v) is 6.74. The van der Waals surface area contributed by atoms with E-state index in [-0.39, 0.29) is 18.2 Å². The summed E-state index contributed by atoms with van der Waals surface area (Å²) in [5.41, 5.74) is 2.56. The number of ether oxygens (including phenoxy) is 2. The fraction of sp³-hybridized carbons (Fsp3) is 0.515. The molecule has 0 aliphatic carbocycles. The summed E-state index contributed by atoms with van der Waals surface area (Å²) in [5, 5.41) is 15.7. The number of carbonyl (C=O) groups excluding carboxylic acids is 1. The van der Waals surface area contributed by atoms with Crippen LogP contribution < -0.4 is 19.9 Å². The molecule has 0 bridgehead atoms. The summed E-state index contributed by atoms with van der Waals surface area (Å²) in [7, 11) is 0. The van der Waals surface area contributed by atoms with Gasteiger partial charge in [0.05, 0.1) is 35.8 Å². The van der Waals surface area contributed by atoms with E-state index in [0.717, 1.165) is 77.5 Å². The first kappa shape index (κ1) is 30.2. The number of hydrogen-bond donors (Lipinski definition) is 1. The first-order valence-corrected chi connectivity index (χ1v) is 15.9. The van der Waals surface area contributed by atoms with Crippen LogP contribution in [0.25, 0.3) is 10.8 Å². The molecular formula is C33H40ClN7O3. The summed E-state index contributed by atoms with van der Waals surface area (Å²) in [5.74, 6) is 0.875. The highest BCUT2D eigenvalue weighted by molar-refractivity contribution is 6.36. The molecule has 2 saturated heterocycles. The maximum atomic E-state index is 12.9. The predicted octanol–water partition coefficient (Wildman–Crippen LogP) is 5.32. The number of fused-ring (bicyclic) bond motifs is 2. The minimum Gasteiger partial charge on any atom is -0.461 e. The largest absolute Gasteiger partial charge is 0.461 e. The number of halogens is 1. The molecule has 0 spiro atoms. The van der Waals surface area contributed by atoms with Crippen LogP contribution in [0.3, 0.4) is 0 Å². The lowest BCUT2D eigenvalue weighted by atomic mass is 10.0. The zero-order chi connectivity index (χ0) is 30.8. The van der Waals surface area contributed by atoms with E-state index in [1.54, 1.807) is 4.90 Å². The van der Waals surface area contributed by atoms with Crippen LogP contribution >= 0.6 is 11.6 Å². The maximum Gasteiger partial charge on any atom is 0.410 e. The highest BCUT2D eigenvalue weighted by atomic mass is 35.5. The highest BCUT2D eigenvalue weighted by Crippen LogP contribution is 2.37. The van der Waals surface area contributed by atoms with Gasteiger partial charge in [0.25, 0.3) is 0 Å². The summed E-state index contributed by atoms with van der Waals surface area (Å²) in [4.78, 5) is 29.1. The van der Waals surface area contributed by atoms with Gasteiger partial charge in [0.15, 0.2) is 0 Å². The van der Waals surface area contributed by atoms with E-state index in [2.05, 4.69) is 45.5 Å². The molecule has 4 heterocycles. The molecule has 6 rings (SSSR count). The molecule has 3 aromatic rings. The van der Waals surface area contributed by atoms with Crippen LogP contribution in [0.1, 0.15) is 51.3 Å². The van der Waals surface area contributed by atoms with Gasteiger partial charge in [-0.05, 0) is 57.6 Å². The van der Waals surface area contributed by atoms with Crippen molar-refractivity contribution in [2.24, 2.45) is 0 Å². The van der Waals surface area contributed by atoms with Crippen molar-refractivity contribution in [1.29, 1.82) is 5.26 Å². The van der Waals surface area contributed by atoms with Crippen molar-refractivity contribution < 1.29 is 14.3 Å². The van der Waals surface area contributed by atoms with E-state index < -0.39 is 5.60 Å². The van der Waals surface area contributed by atoms with Gasteiger partial charge in [0.1, 0.15) is 18.0 Å². The van der Waals surface area contributed by atoms with Crippen molar-refractivity contribution in [3.63, 3.8) is 0 Å². The number of nitriles is 1. The second-order valence-corrected chi connectivity index (χ2v) is 13.2. The van der Waals surface area contributed by atoms with Gasteiger partial charge in [-0.2, -0.15) is 15.2 Å². The minimum absolute atomic E-state index is 0.0718. The van der Waals surface area contributed by atoms with Gasteiger partial charge in [0, 0.05) is 55.4 Å². The van der Waals surface area contributed by atoms with Gasteiger partial charge in [-0.25, -0.2) is 4.79 Å². The lowest BCUT2D eigenvalue weighted by Crippen LogP contribution is -2.51. The Morgan fingerprint density at radius 1 is 1.14 bits per heavy atom. The molecule has 2 fully saturated rings. The van der Waals surface area contributed by atoms with Crippen molar-refractivity contribution in [2.75, 3.05) is 49.1 Å². The van der Waals surface area contributed by atoms with Crippen LogP contribution in [0.2, 0.25) is 5.02 Å². The first-order valence-electron chi connectivity index (χ1n) is 15.5. The third-order valence-corrected chi connectivity index (χ3v) is 8.81. The minimum atomic E-state index is -0.561. The SMILES string of the molecule is CC(C)(C)OC(=O)N1CCC[C@H]1COc1nc2c(c(N3CCN[C@@H](CC#N)C3)n1)CCN(c1cccc3cccc(Cl)c13)C2. The smallest absolute Gasteiger partial charge is 0.410 e. The summed E-state index contributed by atoms with van der Waals surface area (Å²) >= 11 is 6.70. The third kappa shape index (κ3) is 6.49. The van der Waals surface area contributed by atoms with Crippen molar-refractivity contribution in [1.82, 2.24) is 20.2 Å². The molecule has 10 nitrogen and oxygen atoms in total. The van der Waals surface area contributed by atoms with E-state index in [9.17, 15) is 10.1 Å². The number of carbonyl (C=O) groups is 1. The Balaban J connectivity index is 1.29. The molecule has 2 aromatic carbocycles. The number of piperazine rings is 1. The fourth-order valence-electron chi connectivity index (χ4n) is 6.47. The van der Waals surface area contributed by atoms with E-state index in [1.165, 1.54) is 0 Å². The highest BCUT2D eigenvalue weighted by Gasteiger charge is 2.34. The summed E-state index contributed by atoms with van der Waals surface area (Å²) in [6.07, 6.45) is 2.62. The Morgan fingerprint density at radius 2 is 1.95 bits per heavy atom. The topological polar surface area (TPSA) is 107 Å². The number of aromatic nitrogens is 2. The monoisotopic (exact) mass is 617 g/mol. The van der Waals surface area contributed by atoms with Gasteiger partial charge in [-0.3, -0.25) is 0 Å². The van der Waals surface area contributed by atoms with Gasteiger partial charge >= 0.3 is 12.1 Å². The molecule has 3 aliphatic heterocycles. The lowest BCUT2D eigenvalue weighted by molar-refractivity contribution is 0.0183. The van der Waals surface area contributed by atoms with Gasteiger partial charge in [0.2, 0.25) is 0 Å². The van der Waals surface area contributed by atoms with Crippen molar-refractivity contribution in [3.8, 4) is 12.1 Å². The van der Waals surface area contributed by atoms with Crippen LogP contribution in [0.5, 0.6) is 6.01 Å². The molecule has 1 amide bonds. The molecule has 3 aliphatic rings. The molecule has 0 unspecified atom stereocenters. The van der Waals surface area contributed by atoms with Crippen LogP contribution in [-0.2, 0) is 17.7 Å². The molecule has 44 heavy (non-hydrogen) atoms. The molecule has 0 saturated carbocycles. The van der Waals surface area contributed by atoms with Gasteiger partial charge in [-0.15, -0.1) is 0 Å². The lowest BCUT2D eigenvalue weighted by Gasteiger charge is -2.37. The third-order valence-electron chi connectivity index (χ3n) is 8.50. The number of rotatable bonds is 6. The van der Waals surface area contributed by atoms with Crippen LogP contribution in [0, 0.1) is 11.3 Å². The van der Waals surface area contributed by atoms with Crippen molar-refractivity contribution >= 4 is 40.0 Å². The van der Waals surface area contributed by atoms with E-state index >= 15 is 0 Å². The number of nitrogens with zero attached hydrogens (tertiary/aromatic N) is 6. The summed E-state index contributed by atoms with van der Waals surface area (Å²) in [6, 6.07) is 14.8. The quantitative estimate of drug-likeness (QED) is 0.393. The predicted molar refractivity (Wildman–Crippen MR) is 171 cm³/mol. The average Bonchev–Trinajstić information content (AvgIpc) is 3.48. The molecule has 232 valence electrons. The number of anilines is 2. The van der Waals surface area contributed by atoms with Crippen molar-refractivity contribution in [2.45, 2.75) is 70.7 Å². The molecule has 11 heteroatoms. The number of benzene rings is 2. The molecule has 2 atom stereocenters. The first-order chi connectivity index (χ1) is 21.2. The molecule has 1 aromatic heterocycles. The normalized spacial score (nSPS) is 20.4. The van der Waals surface area contributed by atoms with E-state index in [0.29, 0.717) is 38.7 Å². The Kier molecular flexibility index (Phi) is 8.70. The Labute approximate surface area is 263 Å². The zero-order valence-corrected chi connectivity index (χ0v) is 26.4. The average molecular weight is 618 g/mol. The van der Waals surface area contributed by atoms with E-state index in [1.807, 2.05) is 32.9 Å². The van der Waals surface area contributed by atoms with Gasteiger partial charge in [-0.1, -0.05) is 35.9 Å². The number of amides is 1. The standard InChI is InChI=1S/C33H40ClN7O3/c1-33(2,3)44-32(42)41-16-6-9-24(41)21-43-31-37-27-20-39(28-11-5-8-22-7-4-10-26(34)29(22)28)17-13-25(27)30(38-31)40-18-15-36-23(19-40)12-14-35/h4-5,7-8,10-11,23-24,36H,6,9,12-13,15-21H2,1-3H3/t23-,24-/m0/s1. The Morgan fingerprint density at radius 3 is 2.75 bits per heavy atom. The molecule has 1 N–H and O–H groups in total. The summed E-state index contributed by atoms with van der Waals surface area (Å²) < 4.78 is 11.9. The van der Waals surface area contributed by atoms with Crippen LogP contribution in [0.4, 0.5) is 16.3 Å². The number of hydrogen-bond acceptors (Lipinski definition) is 9. The zero-order valence-electron chi connectivity index (χ0n) is 25.7. The van der Waals surface area contributed by atoms with Crippen molar-refractivity contribution in [3.05, 3.63) is 52.7 Å². The van der Waals surface area contributed by atoms with Crippen LogP contribution in [0.15, 0.2) is 36.4 Å². The van der Waals surface area contributed by atoms with Gasteiger partial charge < -0.3 is 29.5 Å².